The lowest BCUT2D eigenvalue weighted by molar-refractivity contribution is -0.115. The van der Waals surface area contributed by atoms with Crippen molar-refractivity contribution in [1.29, 1.82) is 0 Å². The molecule has 2 aromatic rings. The van der Waals surface area contributed by atoms with Gasteiger partial charge in [0.2, 0.25) is 5.91 Å². The van der Waals surface area contributed by atoms with E-state index in [1.807, 2.05) is 12.3 Å². The first-order valence-corrected chi connectivity index (χ1v) is 7.06. The third-order valence-corrected chi connectivity index (χ3v) is 3.57. The number of nitrogens with zero attached hydrogens (tertiary/aromatic N) is 1. The lowest BCUT2D eigenvalue weighted by atomic mass is 10.3. The second-order valence-corrected chi connectivity index (χ2v) is 5.42. The zero-order valence-corrected chi connectivity index (χ0v) is 12.0. The largest absolute Gasteiger partial charge is 0.325 e. The molecule has 6 heteroatoms. The molecule has 1 amide bonds. The monoisotopic (exact) mass is 295 g/mol. The number of nitrogens with one attached hydrogen (secondary N) is 2. The van der Waals surface area contributed by atoms with E-state index in [1.165, 1.54) is 0 Å². The summed E-state index contributed by atoms with van der Waals surface area (Å²) in [5, 5.41) is 9.46. The van der Waals surface area contributed by atoms with E-state index >= 15 is 0 Å². The summed E-state index contributed by atoms with van der Waals surface area (Å²) in [7, 11) is 0. The fourth-order valence-corrected chi connectivity index (χ4v) is 2.37. The van der Waals surface area contributed by atoms with Crippen molar-refractivity contribution in [3.63, 3.8) is 0 Å². The first-order chi connectivity index (χ1) is 9.13. The number of hydrogen-bond donors (Lipinski definition) is 2. The van der Waals surface area contributed by atoms with E-state index in [4.69, 9.17) is 11.6 Å². The smallest absolute Gasteiger partial charge is 0.238 e. The molecule has 0 aliphatic rings. The van der Waals surface area contributed by atoms with Gasteiger partial charge in [0.1, 0.15) is 5.01 Å². The van der Waals surface area contributed by atoms with Crippen LogP contribution in [0.1, 0.15) is 10.7 Å². The van der Waals surface area contributed by atoms with Crippen LogP contribution in [0.15, 0.2) is 29.6 Å². The van der Waals surface area contributed by atoms with Crippen LogP contribution < -0.4 is 10.6 Å². The molecule has 2 N–H and O–H groups in total. The molecular weight excluding hydrogens is 282 g/mol. The molecule has 0 aliphatic carbocycles. The molecule has 0 radical (unpaired) electrons. The zero-order valence-electron chi connectivity index (χ0n) is 10.4. The van der Waals surface area contributed by atoms with Crippen molar-refractivity contribution in [2.24, 2.45) is 0 Å². The number of carbonyl (C=O) groups excluding carboxylic acids is 1. The van der Waals surface area contributed by atoms with Gasteiger partial charge >= 0.3 is 0 Å². The molecule has 1 aromatic carbocycles. The molecule has 19 heavy (non-hydrogen) atoms. The van der Waals surface area contributed by atoms with E-state index < -0.39 is 0 Å². The van der Waals surface area contributed by atoms with Crippen molar-refractivity contribution < 1.29 is 4.79 Å². The average Bonchev–Trinajstić information content (AvgIpc) is 2.78. The molecule has 0 fully saturated rings. The average molecular weight is 296 g/mol. The van der Waals surface area contributed by atoms with Crippen molar-refractivity contribution in [2.75, 3.05) is 11.9 Å². The highest BCUT2D eigenvalue weighted by Gasteiger charge is 2.03. The molecule has 0 bridgehead atoms. The molecule has 0 saturated carbocycles. The molecule has 100 valence electrons. The molecule has 2 rings (SSSR count). The number of anilines is 1. The van der Waals surface area contributed by atoms with Gasteiger partial charge in [-0.2, -0.15) is 0 Å². The summed E-state index contributed by atoms with van der Waals surface area (Å²) in [5.74, 6) is -0.0874. The SMILES string of the molecule is Cc1csc(CNCC(=O)Nc2ccc(Cl)cc2)n1. The predicted octanol–water partition coefficient (Wildman–Crippen LogP) is 2.83. The third-order valence-electron chi connectivity index (χ3n) is 2.36. The summed E-state index contributed by atoms with van der Waals surface area (Å²) in [5.41, 5.74) is 1.74. The Morgan fingerprint density at radius 1 is 1.37 bits per heavy atom. The topological polar surface area (TPSA) is 54.0 Å². The standard InChI is InChI=1S/C13H14ClN3OS/c1-9-8-19-13(16-9)7-15-6-12(18)17-11-4-2-10(14)3-5-11/h2-5,8,15H,6-7H2,1H3,(H,17,18). The van der Waals surface area contributed by atoms with Crippen LogP contribution >= 0.6 is 22.9 Å². The Morgan fingerprint density at radius 2 is 2.11 bits per heavy atom. The molecule has 0 spiro atoms. The maximum atomic E-state index is 11.7. The normalized spacial score (nSPS) is 10.4. The number of rotatable bonds is 5. The van der Waals surface area contributed by atoms with E-state index in [0.29, 0.717) is 11.6 Å². The Bertz CT molecular complexity index is 553. The van der Waals surface area contributed by atoms with Gasteiger partial charge in [0.15, 0.2) is 0 Å². The van der Waals surface area contributed by atoms with Crippen molar-refractivity contribution in [1.82, 2.24) is 10.3 Å². The first kappa shape index (κ1) is 14.0. The van der Waals surface area contributed by atoms with Gasteiger partial charge in [-0.05, 0) is 31.2 Å². The van der Waals surface area contributed by atoms with Crippen molar-refractivity contribution >= 4 is 34.5 Å². The van der Waals surface area contributed by atoms with Gasteiger partial charge in [0.25, 0.3) is 0 Å². The highest BCUT2D eigenvalue weighted by molar-refractivity contribution is 7.09. The quantitative estimate of drug-likeness (QED) is 0.892. The Kier molecular flexibility index (Phi) is 4.90. The van der Waals surface area contributed by atoms with Crippen LogP contribution in [0.5, 0.6) is 0 Å². The summed E-state index contributed by atoms with van der Waals surface area (Å²) in [6.07, 6.45) is 0. The fraction of sp³-hybridized carbons (Fsp3) is 0.231. The summed E-state index contributed by atoms with van der Waals surface area (Å²) in [6, 6.07) is 7.01. The van der Waals surface area contributed by atoms with Crippen LogP contribution in [0, 0.1) is 6.92 Å². The number of amides is 1. The maximum Gasteiger partial charge on any atom is 0.238 e. The lowest BCUT2D eigenvalue weighted by Crippen LogP contribution is -2.27. The molecule has 0 saturated heterocycles. The fourth-order valence-electron chi connectivity index (χ4n) is 1.51. The number of halogens is 1. The van der Waals surface area contributed by atoms with Crippen LogP contribution in [-0.4, -0.2) is 17.4 Å². The molecule has 1 heterocycles. The third kappa shape index (κ3) is 4.63. The number of benzene rings is 1. The van der Waals surface area contributed by atoms with Gasteiger partial charge in [-0.1, -0.05) is 11.6 Å². The lowest BCUT2D eigenvalue weighted by Gasteiger charge is -2.05. The Hall–Kier alpha value is -1.43. The van der Waals surface area contributed by atoms with Crippen LogP contribution in [0.3, 0.4) is 0 Å². The van der Waals surface area contributed by atoms with Crippen LogP contribution in [0.4, 0.5) is 5.69 Å². The predicted molar refractivity (Wildman–Crippen MR) is 78.6 cm³/mol. The number of carbonyl (C=O) groups is 1. The molecule has 1 aromatic heterocycles. The van der Waals surface area contributed by atoms with Crippen LogP contribution in [-0.2, 0) is 11.3 Å². The summed E-state index contributed by atoms with van der Waals surface area (Å²) < 4.78 is 0. The zero-order chi connectivity index (χ0) is 13.7. The Morgan fingerprint density at radius 3 is 2.74 bits per heavy atom. The van der Waals surface area contributed by atoms with Crippen molar-refractivity contribution in [2.45, 2.75) is 13.5 Å². The Labute approximate surface area is 120 Å². The molecule has 0 unspecified atom stereocenters. The first-order valence-electron chi connectivity index (χ1n) is 5.80. The molecule has 4 nitrogen and oxygen atoms in total. The van der Waals surface area contributed by atoms with Crippen molar-refractivity contribution in [3.05, 3.63) is 45.4 Å². The van der Waals surface area contributed by atoms with E-state index in [0.717, 1.165) is 16.4 Å². The summed E-state index contributed by atoms with van der Waals surface area (Å²) >= 11 is 7.36. The van der Waals surface area contributed by atoms with Crippen LogP contribution in [0.2, 0.25) is 5.02 Å². The van der Waals surface area contributed by atoms with Gasteiger partial charge in [-0.3, -0.25) is 4.79 Å². The molecular formula is C13H14ClN3OS. The van der Waals surface area contributed by atoms with E-state index in [9.17, 15) is 4.79 Å². The van der Waals surface area contributed by atoms with E-state index in [2.05, 4.69) is 15.6 Å². The second-order valence-electron chi connectivity index (χ2n) is 4.04. The van der Waals surface area contributed by atoms with Gasteiger partial charge in [0.05, 0.1) is 6.54 Å². The van der Waals surface area contributed by atoms with Gasteiger partial charge < -0.3 is 10.6 Å². The molecule has 0 aliphatic heterocycles. The van der Waals surface area contributed by atoms with Gasteiger partial charge in [0, 0.05) is 28.3 Å². The number of aryl methyl sites for hydroxylation is 1. The summed E-state index contributed by atoms with van der Waals surface area (Å²) in [4.78, 5) is 16.0. The van der Waals surface area contributed by atoms with E-state index in [1.54, 1.807) is 35.6 Å². The van der Waals surface area contributed by atoms with Crippen molar-refractivity contribution in [3.8, 4) is 0 Å². The number of thiazole rings is 1. The second kappa shape index (κ2) is 6.65. The Balaban J connectivity index is 1.74. The highest BCUT2D eigenvalue weighted by Crippen LogP contribution is 2.13. The molecule has 0 atom stereocenters. The minimum Gasteiger partial charge on any atom is -0.325 e. The van der Waals surface area contributed by atoms with E-state index in [-0.39, 0.29) is 12.5 Å². The van der Waals surface area contributed by atoms with Gasteiger partial charge in [-0.15, -0.1) is 11.3 Å². The number of hydrogen-bond acceptors (Lipinski definition) is 4. The van der Waals surface area contributed by atoms with Crippen LogP contribution in [0.25, 0.3) is 0 Å². The minimum atomic E-state index is -0.0874. The minimum absolute atomic E-state index is 0.0874. The summed E-state index contributed by atoms with van der Waals surface area (Å²) in [6.45, 7) is 2.81. The maximum absolute atomic E-state index is 11.7. The van der Waals surface area contributed by atoms with Gasteiger partial charge in [-0.25, -0.2) is 4.98 Å². The highest BCUT2D eigenvalue weighted by atomic mass is 35.5. The number of aromatic nitrogens is 1.